The van der Waals surface area contributed by atoms with E-state index in [1.165, 1.54) is 11.1 Å². The summed E-state index contributed by atoms with van der Waals surface area (Å²) in [7, 11) is 1.68. The number of rotatable bonds is 6. The molecule has 0 aromatic heterocycles. The molecule has 0 spiro atoms. The van der Waals surface area contributed by atoms with Gasteiger partial charge in [-0.05, 0) is 29.7 Å². The molecular formula is C21H26N2O2. The molecule has 4 nitrogen and oxygen atoms in total. The molecule has 0 aliphatic carbocycles. The first-order valence-corrected chi connectivity index (χ1v) is 8.91. The zero-order chi connectivity index (χ0) is 17.5. The summed E-state index contributed by atoms with van der Waals surface area (Å²) >= 11 is 0. The van der Waals surface area contributed by atoms with E-state index in [9.17, 15) is 4.79 Å². The lowest BCUT2D eigenvalue weighted by Crippen LogP contribution is -2.48. The van der Waals surface area contributed by atoms with Gasteiger partial charge in [0, 0.05) is 39.1 Å². The Morgan fingerprint density at radius 3 is 2.24 bits per heavy atom. The van der Waals surface area contributed by atoms with E-state index in [0.29, 0.717) is 6.42 Å². The third kappa shape index (κ3) is 5.07. The largest absolute Gasteiger partial charge is 0.497 e. The maximum absolute atomic E-state index is 12.4. The minimum atomic E-state index is 0.271. The van der Waals surface area contributed by atoms with Gasteiger partial charge in [-0.15, -0.1) is 0 Å². The van der Waals surface area contributed by atoms with E-state index in [1.54, 1.807) is 7.11 Å². The van der Waals surface area contributed by atoms with Gasteiger partial charge in [-0.1, -0.05) is 42.5 Å². The Balaban J connectivity index is 1.42. The Labute approximate surface area is 150 Å². The van der Waals surface area contributed by atoms with Crippen molar-refractivity contribution in [3.8, 4) is 5.75 Å². The number of piperazine rings is 1. The Hall–Kier alpha value is -2.33. The summed E-state index contributed by atoms with van der Waals surface area (Å²) in [6, 6.07) is 18.4. The molecule has 1 amide bonds. The number of nitrogens with zero attached hydrogens (tertiary/aromatic N) is 2. The topological polar surface area (TPSA) is 32.8 Å². The van der Waals surface area contributed by atoms with E-state index in [4.69, 9.17) is 4.74 Å². The molecule has 0 unspecified atom stereocenters. The van der Waals surface area contributed by atoms with Crippen LogP contribution >= 0.6 is 0 Å². The molecule has 1 fully saturated rings. The Bertz CT molecular complexity index is 662. The lowest BCUT2D eigenvalue weighted by Gasteiger charge is -2.34. The predicted octanol–water partition coefficient (Wildman–Crippen LogP) is 2.97. The normalized spacial score (nSPS) is 15.2. The van der Waals surface area contributed by atoms with Crippen molar-refractivity contribution in [1.82, 2.24) is 9.80 Å². The van der Waals surface area contributed by atoms with Crippen molar-refractivity contribution in [2.24, 2.45) is 0 Å². The fraction of sp³-hybridized carbons (Fsp3) is 0.381. The molecule has 25 heavy (non-hydrogen) atoms. The average molecular weight is 338 g/mol. The van der Waals surface area contributed by atoms with E-state index in [2.05, 4.69) is 29.2 Å². The average Bonchev–Trinajstić information content (AvgIpc) is 2.68. The van der Waals surface area contributed by atoms with Gasteiger partial charge in [0.1, 0.15) is 5.75 Å². The molecule has 1 saturated heterocycles. The third-order valence-electron chi connectivity index (χ3n) is 4.76. The first kappa shape index (κ1) is 17.5. The van der Waals surface area contributed by atoms with E-state index < -0.39 is 0 Å². The minimum absolute atomic E-state index is 0.271. The molecule has 2 aromatic rings. The van der Waals surface area contributed by atoms with Crippen molar-refractivity contribution in [1.29, 1.82) is 0 Å². The van der Waals surface area contributed by atoms with E-state index >= 15 is 0 Å². The van der Waals surface area contributed by atoms with Crippen LogP contribution in [0.2, 0.25) is 0 Å². The molecule has 0 N–H and O–H groups in total. The number of benzene rings is 2. The van der Waals surface area contributed by atoms with Crippen LogP contribution in [0.3, 0.4) is 0 Å². The molecule has 3 rings (SSSR count). The van der Waals surface area contributed by atoms with E-state index in [0.717, 1.165) is 44.9 Å². The highest BCUT2D eigenvalue weighted by Gasteiger charge is 2.20. The lowest BCUT2D eigenvalue weighted by molar-refractivity contribution is -0.133. The maximum Gasteiger partial charge on any atom is 0.222 e. The first-order valence-electron chi connectivity index (χ1n) is 8.91. The van der Waals surface area contributed by atoms with Gasteiger partial charge in [-0.3, -0.25) is 9.69 Å². The van der Waals surface area contributed by atoms with Gasteiger partial charge in [-0.2, -0.15) is 0 Å². The molecule has 4 heteroatoms. The molecule has 1 aliphatic heterocycles. The van der Waals surface area contributed by atoms with Crippen LogP contribution in [-0.2, 0) is 17.8 Å². The summed E-state index contributed by atoms with van der Waals surface area (Å²) < 4.78 is 5.20. The Morgan fingerprint density at radius 1 is 0.920 bits per heavy atom. The number of carbonyl (C=O) groups excluding carboxylic acids is 1. The highest BCUT2D eigenvalue weighted by molar-refractivity contribution is 5.76. The monoisotopic (exact) mass is 338 g/mol. The van der Waals surface area contributed by atoms with Gasteiger partial charge >= 0.3 is 0 Å². The highest BCUT2D eigenvalue weighted by atomic mass is 16.5. The van der Waals surface area contributed by atoms with E-state index in [1.807, 2.05) is 35.2 Å². The highest BCUT2D eigenvalue weighted by Crippen LogP contribution is 2.14. The van der Waals surface area contributed by atoms with Crippen molar-refractivity contribution in [2.45, 2.75) is 19.4 Å². The second-order valence-corrected chi connectivity index (χ2v) is 6.49. The van der Waals surface area contributed by atoms with Crippen molar-refractivity contribution < 1.29 is 9.53 Å². The SMILES string of the molecule is COc1ccc(CN2CCN(C(=O)CCc3ccccc3)CC2)cc1. The summed E-state index contributed by atoms with van der Waals surface area (Å²) in [5.41, 5.74) is 2.51. The Morgan fingerprint density at radius 2 is 1.60 bits per heavy atom. The Kier molecular flexibility index (Phi) is 6.07. The van der Waals surface area contributed by atoms with Crippen LogP contribution in [-0.4, -0.2) is 49.0 Å². The fourth-order valence-corrected chi connectivity index (χ4v) is 3.20. The molecule has 1 heterocycles. The lowest BCUT2D eigenvalue weighted by atomic mass is 10.1. The molecule has 0 radical (unpaired) electrons. The fourth-order valence-electron chi connectivity index (χ4n) is 3.20. The number of aryl methyl sites for hydroxylation is 1. The molecule has 1 aliphatic rings. The molecule has 0 saturated carbocycles. The number of carbonyl (C=O) groups is 1. The summed E-state index contributed by atoms with van der Waals surface area (Å²) in [5, 5.41) is 0. The minimum Gasteiger partial charge on any atom is -0.497 e. The van der Waals surface area contributed by atoms with Crippen LogP contribution in [0.15, 0.2) is 54.6 Å². The second-order valence-electron chi connectivity index (χ2n) is 6.49. The van der Waals surface area contributed by atoms with Crippen LogP contribution in [0.25, 0.3) is 0 Å². The summed E-state index contributed by atoms with van der Waals surface area (Å²) in [5.74, 6) is 1.16. The number of methoxy groups -OCH3 is 1. The van der Waals surface area contributed by atoms with Gasteiger partial charge in [-0.25, -0.2) is 0 Å². The van der Waals surface area contributed by atoms with Gasteiger partial charge < -0.3 is 9.64 Å². The third-order valence-corrected chi connectivity index (χ3v) is 4.76. The van der Waals surface area contributed by atoms with Crippen molar-refractivity contribution >= 4 is 5.91 Å². The number of ether oxygens (including phenoxy) is 1. The molecular weight excluding hydrogens is 312 g/mol. The quantitative estimate of drug-likeness (QED) is 0.812. The van der Waals surface area contributed by atoms with Crippen molar-refractivity contribution in [3.05, 3.63) is 65.7 Å². The van der Waals surface area contributed by atoms with Crippen LogP contribution in [0.1, 0.15) is 17.5 Å². The predicted molar refractivity (Wildman–Crippen MR) is 99.6 cm³/mol. The second kappa shape index (κ2) is 8.67. The summed E-state index contributed by atoms with van der Waals surface area (Å²) in [6.45, 7) is 4.44. The smallest absolute Gasteiger partial charge is 0.222 e. The van der Waals surface area contributed by atoms with Gasteiger partial charge in [0.2, 0.25) is 5.91 Å². The van der Waals surface area contributed by atoms with Crippen molar-refractivity contribution in [3.63, 3.8) is 0 Å². The van der Waals surface area contributed by atoms with Crippen LogP contribution < -0.4 is 4.74 Å². The summed E-state index contributed by atoms with van der Waals surface area (Å²) in [4.78, 5) is 16.8. The van der Waals surface area contributed by atoms with Crippen LogP contribution in [0.5, 0.6) is 5.75 Å². The number of amides is 1. The molecule has 0 bridgehead atoms. The van der Waals surface area contributed by atoms with Crippen LogP contribution in [0, 0.1) is 0 Å². The first-order chi connectivity index (χ1) is 12.2. The zero-order valence-corrected chi connectivity index (χ0v) is 14.9. The van der Waals surface area contributed by atoms with Crippen molar-refractivity contribution in [2.75, 3.05) is 33.3 Å². The number of hydrogen-bond acceptors (Lipinski definition) is 3. The maximum atomic E-state index is 12.4. The zero-order valence-electron chi connectivity index (χ0n) is 14.9. The van der Waals surface area contributed by atoms with E-state index in [-0.39, 0.29) is 5.91 Å². The van der Waals surface area contributed by atoms with Gasteiger partial charge in [0.25, 0.3) is 0 Å². The standard InChI is InChI=1S/C21H26N2O2/c1-25-20-10-7-19(8-11-20)17-22-13-15-23(16-14-22)21(24)12-9-18-5-3-2-4-6-18/h2-8,10-11H,9,12-17H2,1H3. The number of hydrogen-bond donors (Lipinski definition) is 0. The van der Waals surface area contributed by atoms with Gasteiger partial charge in [0.05, 0.1) is 7.11 Å². The van der Waals surface area contributed by atoms with Gasteiger partial charge in [0.15, 0.2) is 0 Å². The molecule has 2 aromatic carbocycles. The summed E-state index contributed by atoms with van der Waals surface area (Å²) in [6.07, 6.45) is 1.42. The molecule has 132 valence electrons. The molecule has 0 atom stereocenters. The van der Waals surface area contributed by atoms with Crippen LogP contribution in [0.4, 0.5) is 0 Å².